The van der Waals surface area contributed by atoms with E-state index < -0.39 is 29.2 Å². The van der Waals surface area contributed by atoms with Crippen LogP contribution in [-0.2, 0) is 4.74 Å². The van der Waals surface area contributed by atoms with Crippen LogP contribution in [0.2, 0.25) is 0 Å². The second-order valence-corrected chi connectivity index (χ2v) is 5.76. The number of rotatable bonds is 3. The minimum atomic E-state index is -0.783. The molecule has 2 rings (SSSR count). The summed E-state index contributed by atoms with van der Waals surface area (Å²) in [5, 5.41) is 16.5. The SMILES string of the molecule is CC1(C)CN(c2c(F)cc(C(=N)N)cc2F)CC(CO)O1. The molecule has 1 aromatic carbocycles. The molecule has 5 nitrogen and oxygen atoms in total. The number of nitrogens with one attached hydrogen (secondary N) is 1. The molecular weight excluding hydrogens is 280 g/mol. The molecule has 7 heteroatoms. The molecule has 116 valence electrons. The Morgan fingerprint density at radius 1 is 1.48 bits per heavy atom. The molecule has 4 N–H and O–H groups in total. The van der Waals surface area contributed by atoms with E-state index in [0.29, 0.717) is 0 Å². The van der Waals surface area contributed by atoms with Crippen LogP contribution in [-0.4, -0.2) is 42.3 Å². The van der Waals surface area contributed by atoms with Crippen LogP contribution in [0.25, 0.3) is 0 Å². The topological polar surface area (TPSA) is 82.6 Å². The first-order valence-electron chi connectivity index (χ1n) is 6.60. The molecule has 0 amide bonds. The number of morpholine rings is 1. The van der Waals surface area contributed by atoms with Crippen LogP contribution >= 0.6 is 0 Å². The number of hydrogen-bond acceptors (Lipinski definition) is 4. The molecule has 21 heavy (non-hydrogen) atoms. The molecule has 0 aromatic heterocycles. The van der Waals surface area contributed by atoms with E-state index in [4.69, 9.17) is 15.9 Å². The summed E-state index contributed by atoms with van der Waals surface area (Å²) in [6.45, 7) is 3.84. The number of amidine groups is 1. The quantitative estimate of drug-likeness (QED) is 0.579. The summed E-state index contributed by atoms with van der Waals surface area (Å²) in [6.07, 6.45) is -0.514. The lowest BCUT2D eigenvalue weighted by Crippen LogP contribution is -2.54. The van der Waals surface area contributed by atoms with Crippen LogP contribution in [0.1, 0.15) is 19.4 Å². The largest absolute Gasteiger partial charge is 0.394 e. The summed E-state index contributed by atoms with van der Waals surface area (Å²) in [6, 6.07) is 2.08. The van der Waals surface area contributed by atoms with Gasteiger partial charge in [0.05, 0.1) is 18.3 Å². The number of ether oxygens (including phenoxy) is 1. The first-order valence-corrected chi connectivity index (χ1v) is 6.60. The van der Waals surface area contributed by atoms with E-state index in [1.54, 1.807) is 13.8 Å². The predicted molar refractivity (Wildman–Crippen MR) is 75.6 cm³/mol. The van der Waals surface area contributed by atoms with Crippen LogP contribution in [0.3, 0.4) is 0 Å². The Bertz CT molecular complexity index is 540. The van der Waals surface area contributed by atoms with Crippen molar-refractivity contribution in [3.05, 3.63) is 29.3 Å². The molecule has 0 radical (unpaired) electrons. The van der Waals surface area contributed by atoms with E-state index >= 15 is 0 Å². The molecule has 0 bridgehead atoms. The maximum absolute atomic E-state index is 14.2. The van der Waals surface area contributed by atoms with Crippen molar-refractivity contribution >= 4 is 11.5 Å². The third-order valence-electron chi connectivity index (χ3n) is 3.33. The van der Waals surface area contributed by atoms with Crippen LogP contribution in [0.15, 0.2) is 12.1 Å². The molecule has 0 spiro atoms. The van der Waals surface area contributed by atoms with Crippen molar-refractivity contribution < 1.29 is 18.6 Å². The molecule has 1 atom stereocenters. The highest BCUT2D eigenvalue weighted by molar-refractivity contribution is 5.95. The van der Waals surface area contributed by atoms with E-state index in [0.717, 1.165) is 12.1 Å². The summed E-state index contributed by atoms with van der Waals surface area (Å²) >= 11 is 0. The van der Waals surface area contributed by atoms with Crippen LogP contribution < -0.4 is 10.6 Å². The van der Waals surface area contributed by atoms with Gasteiger partial charge in [0.15, 0.2) is 0 Å². The van der Waals surface area contributed by atoms with E-state index in [1.165, 1.54) is 4.90 Å². The minimum absolute atomic E-state index is 0.0000205. The van der Waals surface area contributed by atoms with Crippen LogP contribution in [0, 0.1) is 17.0 Å². The number of nitrogens with two attached hydrogens (primary N) is 1. The highest BCUT2D eigenvalue weighted by Crippen LogP contribution is 2.30. The summed E-state index contributed by atoms with van der Waals surface area (Å²) in [5.74, 6) is -1.96. The van der Waals surface area contributed by atoms with Crippen molar-refractivity contribution in [3.8, 4) is 0 Å². The fourth-order valence-corrected chi connectivity index (χ4v) is 2.58. The predicted octanol–water partition coefficient (Wildman–Crippen LogP) is 1.22. The first-order chi connectivity index (χ1) is 9.73. The molecule has 1 unspecified atom stereocenters. The Kier molecular flexibility index (Phi) is 4.15. The number of anilines is 1. The highest BCUT2D eigenvalue weighted by atomic mass is 19.1. The molecule has 1 saturated heterocycles. The van der Waals surface area contributed by atoms with Gasteiger partial charge in [-0.2, -0.15) is 0 Å². The second kappa shape index (κ2) is 5.57. The summed E-state index contributed by atoms with van der Waals surface area (Å²) < 4.78 is 34.0. The standard InChI is InChI=1S/C14H19F2N3O2/c1-14(2)7-19(5-9(6-20)21-14)12-10(15)3-8(13(17)18)4-11(12)16/h3-4,9,20H,5-7H2,1-2H3,(H3,17,18). The van der Waals surface area contributed by atoms with E-state index in [1.807, 2.05) is 0 Å². The van der Waals surface area contributed by atoms with E-state index in [2.05, 4.69) is 0 Å². The molecule has 0 aliphatic carbocycles. The Labute approximate surface area is 121 Å². The maximum Gasteiger partial charge on any atom is 0.150 e. The summed E-state index contributed by atoms with van der Waals surface area (Å²) in [4.78, 5) is 1.51. The minimum Gasteiger partial charge on any atom is -0.394 e. The number of halogens is 2. The smallest absolute Gasteiger partial charge is 0.150 e. The van der Waals surface area contributed by atoms with Gasteiger partial charge in [-0.3, -0.25) is 5.41 Å². The van der Waals surface area contributed by atoms with Crippen molar-refractivity contribution in [2.24, 2.45) is 5.73 Å². The lowest BCUT2D eigenvalue weighted by atomic mass is 10.0. The van der Waals surface area contributed by atoms with Crippen molar-refractivity contribution in [2.75, 3.05) is 24.6 Å². The number of aliphatic hydroxyl groups is 1. The number of nitrogen functional groups attached to an aromatic ring is 1. The lowest BCUT2D eigenvalue weighted by molar-refractivity contribution is -0.101. The zero-order valence-electron chi connectivity index (χ0n) is 12.0. The molecular formula is C14H19F2N3O2. The fraction of sp³-hybridized carbons (Fsp3) is 0.500. The Morgan fingerprint density at radius 2 is 2.05 bits per heavy atom. The van der Waals surface area contributed by atoms with Crippen molar-refractivity contribution in [1.29, 1.82) is 5.41 Å². The van der Waals surface area contributed by atoms with Gasteiger partial charge in [0.2, 0.25) is 0 Å². The third kappa shape index (κ3) is 3.30. The van der Waals surface area contributed by atoms with E-state index in [9.17, 15) is 13.9 Å². The lowest BCUT2D eigenvalue weighted by Gasteiger charge is -2.43. The Morgan fingerprint density at radius 3 is 2.52 bits per heavy atom. The highest BCUT2D eigenvalue weighted by Gasteiger charge is 2.35. The number of hydrogen-bond donors (Lipinski definition) is 3. The number of benzene rings is 1. The average molecular weight is 299 g/mol. The fourth-order valence-electron chi connectivity index (χ4n) is 2.58. The van der Waals surface area contributed by atoms with Gasteiger partial charge in [-0.25, -0.2) is 8.78 Å². The normalized spacial score (nSPS) is 21.4. The van der Waals surface area contributed by atoms with Gasteiger partial charge < -0.3 is 20.5 Å². The number of aliphatic hydroxyl groups excluding tert-OH is 1. The van der Waals surface area contributed by atoms with Gasteiger partial charge in [-0.05, 0) is 26.0 Å². The van der Waals surface area contributed by atoms with Gasteiger partial charge in [-0.15, -0.1) is 0 Å². The maximum atomic E-state index is 14.2. The second-order valence-electron chi connectivity index (χ2n) is 5.76. The van der Waals surface area contributed by atoms with E-state index in [-0.39, 0.29) is 30.9 Å². The molecule has 1 fully saturated rings. The summed E-state index contributed by atoms with van der Waals surface area (Å²) in [7, 11) is 0. The zero-order valence-corrected chi connectivity index (χ0v) is 12.0. The molecule has 1 aliphatic heterocycles. The molecule has 1 aliphatic rings. The van der Waals surface area contributed by atoms with Gasteiger partial charge in [0.25, 0.3) is 0 Å². The third-order valence-corrected chi connectivity index (χ3v) is 3.33. The Hall–Kier alpha value is -1.73. The van der Waals surface area contributed by atoms with Crippen molar-refractivity contribution in [1.82, 2.24) is 0 Å². The van der Waals surface area contributed by atoms with Gasteiger partial charge in [0, 0.05) is 18.7 Å². The molecule has 1 heterocycles. The number of nitrogens with zero attached hydrogens (tertiary/aromatic N) is 1. The van der Waals surface area contributed by atoms with Gasteiger partial charge in [-0.1, -0.05) is 0 Å². The average Bonchev–Trinajstić information content (AvgIpc) is 2.35. The zero-order chi connectivity index (χ0) is 15.8. The van der Waals surface area contributed by atoms with Gasteiger partial charge in [0.1, 0.15) is 23.2 Å². The molecule has 1 aromatic rings. The van der Waals surface area contributed by atoms with Crippen molar-refractivity contribution in [3.63, 3.8) is 0 Å². The van der Waals surface area contributed by atoms with Crippen LogP contribution in [0.5, 0.6) is 0 Å². The van der Waals surface area contributed by atoms with Crippen molar-refractivity contribution in [2.45, 2.75) is 25.6 Å². The Balaban J connectivity index is 2.39. The van der Waals surface area contributed by atoms with Gasteiger partial charge >= 0.3 is 0 Å². The van der Waals surface area contributed by atoms with Crippen LogP contribution in [0.4, 0.5) is 14.5 Å². The molecule has 0 saturated carbocycles. The first kappa shape index (κ1) is 15.7. The monoisotopic (exact) mass is 299 g/mol. The summed E-state index contributed by atoms with van der Waals surface area (Å²) in [5.41, 5.74) is 4.43.